The van der Waals surface area contributed by atoms with Crippen LogP contribution in [0.25, 0.3) is 0 Å². The molecule has 0 saturated heterocycles. The minimum Gasteiger partial charge on any atom is -0.378 e. The first-order chi connectivity index (χ1) is 9.76. The van der Waals surface area contributed by atoms with Crippen LogP contribution in [0, 0.1) is 12.3 Å². The zero-order valence-electron chi connectivity index (χ0n) is 13.9. The third-order valence-corrected chi connectivity index (χ3v) is 5.61. The van der Waals surface area contributed by atoms with Crippen molar-refractivity contribution < 1.29 is 9.53 Å². The third-order valence-electron chi connectivity index (χ3n) is 4.68. The first-order valence-corrected chi connectivity index (χ1v) is 8.26. The molecule has 5 nitrogen and oxygen atoms in total. The van der Waals surface area contributed by atoms with Gasteiger partial charge < -0.3 is 15.8 Å². The highest BCUT2D eigenvalue weighted by Gasteiger charge is 2.63. The van der Waals surface area contributed by atoms with Crippen LogP contribution in [-0.4, -0.2) is 29.1 Å². The molecule has 1 aliphatic rings. The van der Waals surface area contributed by atoms with Gasteiger partial charge in [-0.25, -0.2) is 4.98 Å². The number of nitrogens with zero attached hydrogens (tertiary/aromatic N) is 1. The molecule has 2 atom stereocenters. The number of nitrogens with one attached hydrogen (secondary N) is 1. The van der Waals surface area contributed by atoms with E-state index in [1.807, 2.05) is 27.7 Å². The third kappa shape index (κ3) is 3.02. The summed E-state index contributed by atoms with van der Waals surface area (Å²) in [5.41, 5.74) is 6.10. The Labute approximate surface area is 142 Å². The van der Waals surface area contributed by atoms with Gasteiger partial charge in [0.1, 0.15) is 5.54 Å². The predicted octanol–water partition coefficient (Wildman–Crippen LogP) is 2.91. The van der Waals surface area contributed by atoms with Crippen molar-refractivity contribution in [3.63, 3.8) is 0 Å². The molecule has 2 rings (SSSR count). The summed E-state index contributed by atoms with van der Waals surface area (Å²) in [6.45, 7) is 10.6. The number of carbonyl (C=O) groups is 1. The molecular weight excluding hydrogens is 322 g/mol. The number of aryl methyl sites for hydroxylation is 2. The second-order valence-electron chi connectivity index (χ2n) is 6.17. The number of nitrogens with two attached hydrogens (primary N) is 1. The molecule has 22 heavy (non-hydrogen) atoms. The smallest absolute Gasteiger partial charge is 0.246 e. The standard InChI is InChI=1S/C15H25N3O2S.ClH/c1-6-10-9(3)21-13(17-10)18-12(19)15(16)8-11(20-7-2)14(15,4)5;/h11H,6-8,16H2,1-5H3,(H,17,18,19);1H. The van der Waals surface area contributed by atoms with E-state index in [2.05, 4.69) is 17.2 Å². The van der Waals surface area contributed by atoms with Crippen LogP contribution in [0.3, 0.4) is 0 Å². The van der Waals surface area contributed by atoms with E-state index in [9.17, 15) is 4.79 Å². The molecule has 0 aliphatic heterocycles. The molecule has 2 unspecified atom stereocenters. The van der Waals surface area contributed by atoms with E-state index in [0.717, 1.165) is 17.0 Å². The van der Waals surface area contributed by atoms with E-state index in [1.165, 1.54) is 11.3 Å². The fourth-order valence-electron chi connectivity index (χ4n) is 2.84. The predicted molar refractivity (Wildman–Crippen MR) is 92.8 cm³/mol. The number of halogens is 1. The lowest BCUT2D eigenvalue weighted by atomic mass is 9.54. The second-order valence-corrected chi connectivity index (χ2v) is 7.37. The van der Waals surface area contributed by atoms with Crippen molar-refractivity contribution in [1.82, 2.24) is 4.98 Å². The normalized spacial score (nSPS) is 26.0. The Bertz CT molecular complexity index is 547. The van der Waals surface area contributed by atoms with Crippen molar-refractivity contribution in [3.05, 3.63) is 10.6 Å². The fraction of sp³-hybridized carbons (Fsp3) is 0.733. The van der Waals surface area contributed by atoms with Gasteiger partial charge in [0.05, 0.1) is 11.8 Å². The van der Waals surface area contributed by atoms with Crippen LogP contribution in [0.1, 0.15) is 44.7 Å². The van der Waals surface area contributed by atoms with Gasteiger partial charge in [-0.1, -0.05) is 20.8 Å². The summed E-state index contributed by atoms with van der Waals surface area (Å²) in [5.74, 6) is -0.167. The molecule has 1 amide bonds. The fourth-order valence-corrected chi connectivity index (χ4v) is 3.74. The Kier molecular flexibility index (Phi) is 6.01. The molecule has 0 aromatic carbocycles. The van der Waals surface area contributed by atoms with Crippen LogP contribution in [0.4, 0.5) is 5.13 Å². The van der Waals surface area contributed by atoms with Gasteiger partial charge in [0.15, 0.2) is 5.13 Å². The van der Waals surface area contributed by atoms with Crippen LogP contribution in [0.15, 0.2) is 0 Å². The molecule has 3 N–H and O–H groups in total. The molecule has 0 spiro atoms. The van der Waals surface area contributed by atoms with E-state index >= 15 is 0 Å². The summed E-state index contributed by atoms with van der Waals surface area (Å²) < 4.78 is 5.66. The highest BCUT2D eigenvalue weighted by Crippen LogP contribution is 2.50. The first-order valence-electron chi connectivity index (χ1n) is 7.44. The monoisotopic (exact) mass is 347 g/mol. The number of hydrogen-bond donors (Lipinski definition) is 2. The van der Waals surface area contributed by atoms with Crippen molar-refractivity contribution in [2.75, 3.05) is 11.9 Å². The van der Waals surface area contributed by atoms with Crippen molar-refractivity contribution in [2.24, 2.45) is 11.1 Å². The Hall–Kier alpha value is -0.690. The lowest BCUT2D eigenvalue weighted by Gasteiger charge is -2.57. The molecule has 0 bridgehead atoms. The quantitative estimate of drug-likeness (QED) is 0.858. The van der Waals surface area contributed by atoms with Gasteiger partial charge in [0.25, 0.3) is 0 Å². The molecule has 1 saturated carbocycles. The van der Waals surface area contributed by atoms with Crippen molar-refractivity contribution in [1.29, 1.82) is 0 Å². The van der Waals surface area contributed by atoms with Crippen LogP contribution in [0.2, 0.25) is 0 Å². The van der Waals surface area contributed by atoms with E-state index in [1.54, 1.807) is 0 Å². The average Bonchev–Trinajstić information content (AvgIpc) is 2.78. The SMILES string of the molecule is CCOC1CC(N)(C(=O)Nc2nc(CC)c(C)s2)C1(C)C.Cl. The molecule has 1 aliphatic carbocycles. The first kappa shape index (κ1) is 19.4. The number of carbonyl (C=O) groups excluding carboxylic acids is 1. The number of aromatic nitrogens is 1. The molecule has 1 aromatic rings. The summed E-state index contributed by atoms with van der Waals surface area (Å²) in [4.78, 5) is 18.1. The minimum atomic E-state index is -0.904. The van der Waals surface area contributed by atoms with Crippen molar-refractivity contribution >= 4 is 34.8 Å². The maximum atomic E-state index is 12.6. The van der Waals surface area contributed by atoms with Gasteiger partial charge in [0.2, 0.25) is 5.91 Å². The van der Waals surface area contributed by atoms with Gasteiger partial charge in [-0.15, -0.1) is 23.7 Å². The molecule has 1 fully saturated rings. The Morgan fingerprint density at radius 3 is 2.59 bits per heavy atom. The van der Waals surface area contributed by atoms with Crippen LogP contribution < -0.4 is 11.1 Å². The Morgan fingerprint density at radius 2 is 2.14 bits per heavy atom. The van der Waals surface area contributed by atoms with E-state index in [4.69, 9.17) is 10.5 Å². The van der Waals surface area contributed by atoms with Crippen LogP contribution >= 0.6 is 23.7 Å². The highest BCUT2D eigenvalue weighted by molar-refractivity contribution is 7.15. The molecule has 0 radical (unpaired) electrons. The second kappa shape index (κ2) is 6.83. The molecule has 1 heterocycles. The molecular formula is C15H26ClN3O2S. The highest BCUT2D eigenvalue weighted by atomic mass is 35.5. The van der Waals surface area contributed by atoms with Gasteiger partial charge >= 0.3 is 0 Å². The zero-order chi connectivity index (χ0) is 15.8. The van der Waals surface area contributed by atoms with E-state index in [0.29, 0.717) is 18.2 Å². The topological polar surface area (TPSA) is 77.2 Å². The number of anilines is 1. The summed E-state index contributed by atoms with van der Waals surface area (Å²) in [5, 5.41) is 3.52. The maximum Gasteiger partial charge on any atom is 0.246 e. The van der Waals surface area contributed by atoms with Crippen LogP contribution in [-0.2, 0) is 16.0 Å². The summed E-state index contributed by atoms with van der Waals surface area (Å²) in [6, 6.07) is 0. The minimum absolute atomic E-state index is 0. The lowest BCUT2D eigenvalue weighted by molar-refractivity contribution is -0.166. The van der Waals surface area contributed by atoms with Crippen LogP contribution in [0.5, 0.6) is 0 Å². The molecule has 126 valence electrons. The Balaban J connectivity index is 0.00000242. The Morgan fingerprint density at radius 1 is 1.50 bits per heavy atom. The number of ether oxygens (including phenoxy) is 1. The summed E-state index contributed by atoms with van der Waals surface area (Å²) in [6.07, 6.45) is 1.44. The van der Waals surface area contributed by atoms with Crippen molar-refractivity contribution in [2.45, 2.75) is 59.1 Å². The summed E-state index contributed by atoms with van der Waals surface area (Å²) >= 11 is 1.50. The van der Waals surface area contributed by atoms with Gasteiger partial charge in [-0.2, -0.15) is 0 Å². The largest absolute Gasteiger partial charge is 0.378 e. The number of hydrogen-bond acceptors (Lipinski definition) is 5. The number of amides is 1. The van der Waals surface area contributed by atoms with Gasteiger partial charge in [-0.3, -0.25) is 4.79 Å². The van der Waals surface area contributed by atoms with E-state index in [-0.39, 0.29) is 29.8 Å². The summed E-state index contributed by atoms with van der Waals surface area (Å²) in [7, 11) is 0. The lowest BCUT2D eigenvalue weighted by Crippen LogP contribution is -2.74. The maximum absolute atomic E-state index is 12.6. The van der Waals surface area contributed by atoms with Crippen molar-refractivity contribution in [3.8, 4) is 0 Å². The van der Waals surface area contributed by atoms with Gasteiger partial charge in [-0.05, 0) is 20.3 Å². The number of rotatable bonds is 5. The molecule has 7 heteroatoms. The number of thiazole rings is 1. The molecule has 1 aromatic heterocycles. The van der Waals surface area contributed by atoms with Gasteiger partial charge in [0, 0.05) is 23.3 Å². The van der Waals surface area contributed by atoms with E-state index < -0.39 is 5.54 Å². The zero-order valence-corrected chi connectivity index (χ0v) is 15.5. The average molecular weight is 348 g/mol.